The highest BCUT2D eigenvalue weighted by atomic mass is 16.7. The van der Waals surface area contributed by atoms with Gasteiger partial charge in [-0.1, -0.05) is 0 Å². The van der Waals surface area contributed by atoms with Gasteiger partial charge in [0.25, 0.3) is 0 Å². The summed E-state index contributed by atoms with van der Waals surface area (Å²) >= 11 is 0. The number of hydrogen-bond donors (Lipinski definition) is 1. The summed E-state index contributed by atoms with van der Waals surface area (Å²) in [5, 5.41) is 0. The Kier molecular flexibility index (Phi) is 3.89. The van der Waals surface area contributed by atoms with Gasteiger partial charge in [0.2, 0.25) is 0 Å². The molecule has 0 aliphatic carbocycles. The van der Waals surface area contributed by atoms with Crippen LogP contribution in [-0.2, 0) is 9.47 Å². The van der Waals surface area contributed by atoms with Crippen LogP contribution in [0, 0.1) is 0 Å². The topological polar surface area (TPSA) is 61.5 Å². The maximum absolute atomic E-state index is 10.6. The molecule has 0 heterocycles. The molecule has 0 aliphatic heterocycles. The van der Waals surface area contributed by atoms with E-state index in [4.69, 9.17) is 5.73 Å². The highest BCUT2D eigenvalue weighted by Crippen LogP contribution is 1.97. The Hall–Kier alpha value is -0.770. The summed E-state index contributed by atoms with van der Waals surface area (Å²) in [6.07, 6.45) is -0.661. The van der Waals surface area contributed by atoms with Gasteiger partial charge in [-0.05, 0) is 20.8 Å². The molecule has 2 N–H and O–H groups in total. The van der Waals surface area contributed by atoms with Gasteiger partial charge in [-0.3, -0.25) is 0 Å². The van der Waals surface area contributed by atoms with Crippen molar-refractivity contribution in [2.75, 3.05) is 13.2 Å². The highest BCUT2D eigenvalue weighted by molar-refractivity contribution is 5.59. The predicted octanol–water partition coefficient (Wildman–Crippen LogP) is 0.897. The van der Waals surface area contributed by atoms with Crippen LogP contribution in [0.2, 0.25) is 0 Å². The van der Waals surface area contributed by atoms with Crippen molar-refractivity contribution in [2.45, 2.75) is 26.3 Å². The third-order valence-electron chi connectivity index (χ3n) is 0.824. The van der Waals surface area contributed by atoms with Gasteiger partial charge in [0.1, 0.15) is 6.61 Å². The van der Waals surface area contributed by atoms with Gasteiger partial charge in [0.15, 0.2) is 0 Å². The Morgan fingerprint density at radius 3 is 2.36 bits per heavy atom. The average molecular weight is 161 g/mol. The normalized spacial score (nSPS) is 10.9. The molecule has 0 fully saturated rings. The van der Waals surface area contributed by atoms with E-state index in [1.165, 1.54) is 0 Å². The monoisotopic (exact) mass is 161 g/mol. The fraction of sp³-hybridized carbons (Fsp3) is 0.857. The molecule has 0 spiro atoms. The van der Waals surface area contributed by atoms with Crippen molar-refractivity contribution in [1.29, 1.82) is 0 Å². The van der Waals surface area contributed by atoms with Crippen molar-refractivity contribution in [1.82, 2.24) is 0 Å². The van der Waals surface area contributed by atoms with E-state index < -0.39 is 11.7 Å². The molecule has 0 aliphatic rings. The van der Waals surface area contributed by atoms with Crippen LogP contribution in [-0.4, -0.2) is 24.9 Å². The van der Waals surface area contributed by atoms with Gasteiger partial charge in [-0.2, -0.15) is 0 Å². The standard InChI is InChI=1S/C7H15NO3/c1-4-10-6(9)11-5-7(2,3)8/h4-5,8H2,1-3H3. The van der Waals surface area contributed by atoms with Crippen molar-refractivity contribution in [2.24, 2.45) is 5.73 Å². The van der Waals surface area contributed by atoms with Gasteiger partial charge in [-0.25, -0.2) is 4.79 Å². The summed E-state index contributed by atoms with van der Waals surface area (Å²) in [4.78, 5) is 10.6. The maximum atomic E-state index is 10.6. The second kappa shape index (κ2) is 4.18. The zero-order valence-electron chi connectivity index (χ0n) is 7.22. The van der Waals surface area contributed by atoms with E-state index in [1.807, 2.05) is 0 Å². The lowest BCUT2D eigenvalue weighted by Gasteiger charge is -2.17. The predicted molar refractivity (Wildman–Crippen MR) is 41.2 cm³/mol. The van der Waals surface area contributed by atoms with E-state index in [0.29, 0.717) is 6.61 Å². The third kappa shape index (κ3) is 7.12. The number of ether oxygens (including phenoxy) is 2. The van der Waals surface area contributed by atoms with Crippen molar-refractivity contribution < 1.29 is 14.3 Å². The lowest BCUT2D eigenvalue weighted by atomic mass is 10.1. The first-order valence-corrected chi connectivity index (χ1v) is 3.54. The number of carbonyl (C=O) groups is 1. The van der Waals surface area contributed by atoms with Crippen LogP contribution >= 0.6 is 0 Å². The number of hydrogen-bond acceptors (Lipinski definition) is 4. The van der Waals surface area contributed by atoms with Crippen LogP contribution in [0.4, 0.5) is 4.79 Å². The SMILES string of the molecule is CCOC(=O)OCC(C)(C)N. The summed E-state index contributed by atoms with van der Waals surface area (Å²) in [7, 11) is 0. The van der Waals surface area contributed by atoms with E-state index in [0.717, 1.165) is 0 Å². The molecular weight excluding hydrogens is 146 g/mol. The highest BCUT2D eigenvalue weighted by Gasteiger charge is 2.13. The Morgan fingerprint density at radius 2 is 2.00 bits per heavy atom. The minimum absolute atomic E-state index is 0.172. The molecule has 4 heteroatoms. The van der Waals surface area contributed by atoms with Crippen LogP contribution in [0.15, 0.2) is 0 Å². The number of carbonyl (C=O) groups excluding carboxylic acids is 1. The van der Waals surface area contributed by atoms with Crippen LogP contribution in [0.3, 0.4) is 0 Å². The minimum Gasteiger partial charge on any atom is -0.435 e. The molecule has 0 atom stereocenters. The number of nitrogens with two attached hydrogens (primary N) is 1. The Labute approximate surface area is 66.7 Å². The molecule has 0 rings (SSSR count). The van der Waals surface area contributed by atoms with Crippen molar-refractivity contribution >= 4 is 6.16 Å². The van der Waals surface area contributed by atoms with Crippen LogP contribution in [0.5, 0.6) is 0 Å². The Balaban J connectivity index is 3.46. The fourth-order valence-corrected chi connectivity index (χ4v) is 0.404. The van der Waals surface area contributed by atoms with E-state index in [9.17, 15) is 4.79 Å². The molecule has 0 saturated carbocycles. The maximum Gasteiger partial charge on any atom is 0.508 e. The first-order chi connectivity index (χ1) is 4.95. The molecule has 0 amide bonds. The van der Waals surface area contributed by atoms with Gasteiger partial charge in [-0.15, -0.1) is 0 Å². The van der Waals surface area contributed by atoms with Crippen LogP contribution in [0.1, 0.15) is 20.8 Å². The molecular formula is C7H15NO3. The van der Waals surface area contributed by atoms with Gasteiger partial charge in [0.05, 0.1) is 6.61 Å². The van der Waals surface area contributed by atoms with Gasteiger partial charge < -0.3 is 15.2 Å². The third-order valence-corrected chi connectivity index (χ3v) is 0.824. The molecule has 0 bridgehead atoms. The van der Waals surface area contributed by atoms with E-state index >= 15 is 0 Å². The Bertz CT molecular complexity index is 128. The quantitative estimate of drug-likeness (QED) is 0.624. The second-order valence-electron chi connectivity index (χ2n) is 2.96. The summed E-state index contributed by atoms with van der Waals surface area (Å²) < 4.78 is 9.18. The zero-order valence-corrected chi connectivity index (χ0v) is 7.22. The van der Waals surface area contributed by atoms with Crippen molar-refractivity contribution in [3.05, 3.63) is 0 Å². The molecule has 11 heavy (non-hydrogen) atoms. The molecule has 4 nitrogen and oxygen atoms in total. The summed E-state index contributed by atoms with van der Waals surface area (Å²) in [5.41, 5.74) is 5.05. The largest absolute Gasteiger partial charge is 0.508 e. The zero-order chi connectivity index (χ0) is 8.91. The Morgan fingerprint density at radius 1 is 1.45 bits per heavy atom. The molecule has 0 saturated heterocycles. The number of rotatable bonds is 3. The van der Waals surface area contributed by atoms with Crippen molar-refractivity contribution in [3.63, 3.8) is 0 Å². The van der Waals surface area contributed by atoms with Crippen LogP contribution < -0.4 is 5.73 Å². The van der Waals surface area contributed by atoms with E-state index in [-0.39, 0.29) is 6.61 Å². The molecule has 0 unspecified atom stereocenters. The van der Waals surface area contributed by atoms with Gasteiger partial charge in [0, 0.05) is 5.54 Å². The summed E-state index contributed by atoms with van der Waals surface area (Å²) in [6.45, 7) is 5.75. The molecule has 0 aromatic carbocycles. The molecule has 0 radical (unpaired) electrons. The first-order valence-electron chi connectivity index (χ1n) is 3.54. The van der Waals surface area contributed by atoms with E-state index in [1.54, 1.807) is 20.8 Å². The fourth-order valence-electron chi connectivity index (χ4n) is 0.404. The lowest BCUT2D eigenvalue weighted by Crippen LogP contribution is -2.38. The second-order valence-corrected chi connectivity index (χ2v) is 2.96. The van der Waals surface area contributed by atoms with Crippen LogP contribution in [0.25, 0.3) is 0 Å². The lowest BCUT2D eigenvalue weighted by molar-refractivity contribution is 0.0468. The molecule has 0 aromatic heterocycles. The first kappa shape index (κ1) is 10.2. The summed E-state index contributed by atoms with van der Waals surface area (Å²) in [5.74, 6) is 0. The molecule has 0 aromatic rings. The van der Waals surface area contributed by atoms with Gasteiger partial charge >= 0.3 is 6.16 Å². The summed E-state index contributed by atoms with van der Waals surface area (Å²) in [6, 6.07) is 0. The average Bonchev–Trinajstić information content (AvgIpc) is 1.83. The molecule has 66 valence electrons. The van der Waals surface area contributed by atoms with Crippen molar-refractivity contribution in [3.8, 4) is 0 Å². The minimum atomic E-state index is -0.661. The van der Waals surface area contributed by atoms with E-state index in [2.05, 4.69) is 9.47 Å². The smallest absolute Gasteiger partial charge is 0.435 e.